The Balaban J connectivity index is 1.63. The summed E-state index contributed by atoms with van der Waals surface area (Å²) in [5, 5.41) is 13.7. The molecule has 1 aromatic heterocycles. The number of aromatic nitrogens is 1. The molecule has 0 aliphatic rings. The average molecular weight is 338 g/mol. The minimum absolute atomic E-state index is 0.292. The number of nitrogens with one attached hydrogen (secondary N) is 1. The lowest BCUT2D eigenvalue weighted by Gasteiger charge is -2.09. The highest BCUT2D eigenvalue weighted by Gasteiger charge is 2.08. The van der Waals surface area contributed by atoms with Crippen molar-refractivity contribution in [3.8, 4) is 5.75 Å². The quantitative estimate of drug-likeness (QED) is 0.573. The predicted molar refractivity (Wildman–Crippen MR) is 90.5 cm³/mol. The highest BCUT2D eigenvalue weighted by Crippen LogP contribution is 2.19. The molecule has 1 N–H and O–H groups in total. The van der Waals surface area contributed by atoms with Crippen molar-refractivity contribution in [2.75, 3.05) is 5.32 Å². The molecule has 2 aromatic carbocycles. The van der Waals surface area contributed by atoms with Crippen molar-refractivity contribution >= 4 is 11.6 Å². The SMILES string of the molecule is O=C(Nc1cccc(OCc2ccc(F)cc2)c1)c1cc[n+]([O-])cc1. The van der Waals surface area contributed by atoms with Gasteiger partial charge in [0.05, 0.1) is 5.56 Å². The Bertz CT molecular complexity index is 865. The van der Waals surface area contributed by atoms with Gasteiger partial charge >= 0.3 is 0 Å². The molecule has 0 atom stereocenters. The summed E-state index contributed by atoms with van der Waals surface area (Å²) in [7, 11) is 0. The van der Waals surface area contributed by atoms with Gasteiger partial charge in [-0.25, -0.2) is 4.39 Å². The number of hydrogen-bond donors (Lipinski definition) is 1. The van der Waals surface area contributed by atoms with Crippen LogP contribution in [0.2, 0.25) is 0 Å². The summed E-state index contributed by atoms with van der Waals surface area (Å²) in [6.07, 6.45) is 2.52. The van der Waals surface area contributed by atoms with Crippen molar-refractivity contribution in [1.82, 2.24) is 0 Å². The third-order valence-electron chi connectivity index (χ3n) is 3.47. The number of halogens is 1. The summed E-state index contributed by atoms with van der Waals surface area (Å²) < 4.78 is 19.2. The van der Waals surface area contributed by atoms with Gasteiger partial charge in [0.25, 0.3) is 5.91 Å². The summed E-state index contributed by atoms with van der Waals surface area (Å²) in [6, 6.07) is 15.9. The molecule has 0 saturated carbocycles. The minimum Gasteiger partial charge on any atom is -0.619 e. The van der Waals surface area contributed by atoms with Crippen molar-refractivity contribution in [3.05, 3.63) is 95.2 Å². The molecular weight excluding hydrogens is 323 g/mol. The Hall–Kier alpha value is -3.41. The van der Waals surface area contributed by atoms with E-state index in [-0.39, 0.29) is 11.7 Å². The molecule has 0 radical (unpaired) electrons. The van der Waals surface area contributed by atoms with E-state index in [4.69, 9.17) is 4.74 Å². The van der Waals surface area contributed by atoms with E-state index < -0.39 is 0 Å². The van der Waals surface area contributed by atoms with Crippen LogP contribution < -0.4 is 14.8 Å². The lowest BCUT2D eigenvalue weighted by atomic mass is 10.2. The lowest BCUT2D eigenvalue weighted by Crippen LogP contribution is -2.25. The first-order valence-electron chi connectivity index (χ1n) is 7.58. The number of carbonyl (C=O) groups excluding carboxylic acids is 1. The summed E-state index contributed by atoms with van der Waals surface area (Å²) >= 11 is 0. The van der Waals surface area contributed by atoms with Crippen molar-refractivity contribution in [1.29, 1.82) is 0 Å². The van der Waals surface area contributed by atoms with Gasteiger partial charge in [-0.2, -0.15) is 4.73 Å². The molecule has 0 fully saturated rings. The van der Waals surface area contributed by atoms with Crippen molar-refractivity contribution in [2.45, 2.75) is 6.61 Å². The second-order valence-corrected chi connectivity index (χ2v) is 5.34. The summed E-state index contributed by atoms with van der Waals surface area (Å²) in [5.41, 5.74) is 1.79. The first-order chi connectivity index (χ1) is 12.1. The number of carbonyl (C=O) groups is 1. The molecule has 3 aromatic rings. The predicted octanol–water partition coefficient (Wildman–Crippen LogP) is 3.29. The summed E-state index contributed by atoms with van der Waals surface area (Å²) in [5.74, 6) is -0.0410. The summed E-state index contributed by atoms with van der Waals surface area (Å²) in [6.45, 7) is 0.292. The highest BCUT2D eigenvalue weighted by atomic mass is 19.1. The van der Waals surface area contributed by atoms with E-state index in [1.807, 2.05) is 0 Å². The lowest BCUT2D eigenvalue weighted by molar-refractivity contribution is -0.605. The Morgan fingerprint density at radius 3 is 2.52 bits per heavy atom. The molecule has 5 nitrogen and oxygen atoms in total. The van der Waals surface area contributed by atoms with Crippen LogP contribution in [0.1, 0.15) is 15.9 Å². The maximum Gasteiger partial charge on any atom is 0.256 e. The van der Waals surface area contributed by atoms with Gasteiger partial charge in [-0.15, -0.1) is 0 Å². The number of amides is 1. The molecule has 6 heteroatoms. The molecule has 3 rings (SSSR count). The van der Waals surface area contributed by atoms with E-state index in [9.17, 15) is 14.4 Å². The van der Waals surface area contributed by atoms with E-state index in [1.54, 1.807) is 36.4 Å². The van der Waals surface area contributed by atoms with Crippen molar-refractivity contribution in [3.63, 3.8) is 0 Å². The number of ether oxygens (including phenoxy) is 1. The standard InChI is InChI=1S/C19H15FN2O3/c20-16-6-4-14(5-7-16)13-25-18-3-1-2-17(12-18)21-19(23)15-8-10-22(24)11-9-15/h1-12H,13H2,(H,21,23). The molecule has 0 bridgehead atoms. The Morgan fingerprint density at radius 1 is 1.08 bits per heavy atom. The fourth-order valence-corrected chi connectivity index (χ4v) is 2.18. The zero-order valence-corrected chi connectivity index (χ0v) is 13.2. The molecule has 25 heavy (non-hydrogen) atoms. The number of hydrogen-bond acceptors (Lipinski definition) is 3. The Kier molecular flexibility index (Phi) is 4.89. The normalized spacial score (nSPS) is 10.3. The van der Waals surface area contributed by atoms with Crippen LogP contribution in [0.25, 0.3) is 0 Å². The van der Waals surface area contributed by atoms with Crippen molar-refractivity contribution < 1.29 is 18.7 Å². The molecule has 0 unspecified atom stereocenters. The Morgan fingerprint density at radius 2 is 1.80 bits per heavy atom. The van der Waals surface area contributed by atoms with Gasteiger partial charge in [0, 0.05) is 23.9 Å². The molecule has 0 spiro atoms. The fraction of sp³-hybridized carbons (Fsp3) is 0.0526. The number of benzene rings is 2. The van der Waals surface area contributed by atoms with E-state index in [0.29, 0.717) is 28.3 Å². The van der Waals surface area contributed by atoms with Gasteiger partial charge in [0.15, 0.2) is 12.4 Å². The molecule has 0 aliphatic heterocycles. The van der Waals surface area contributed by atoms with E-state index in [0.717, 1.165) is 5.56 Å². The van der Waals surface area contributed by atoms with Crippen LogP contribution in [0.3, 0.4) is 0 Å². The first kappa shape index (κ1) is 16.4. The second-order valence-electron chi connectivity index (χ2n) is 5.34. The number of anilines is 1. The monoisotopic (exact) mass is 338 g/mol. The third-order valence-corrected chi connectivity index (χ3v) is 3.47. The first-order valence-corrected chi connectivity index (χ1v) is 7.58. The smallest absolute Gasteiger partial charge is 0.256 e. The third kappa shape index (κ3) is 4.54. The molecule has 0 saturated heterocycles. The second kappa shape index (κ2) is 7.44. The average Bonchev–Trinajstić information content (AvgIpc) is 2.62. The highest BCUT2D eigenvalue weighted by molar-refractivity contribution is 6.04. The molecule has 1 heterocycles. The van der Waals surface area contributed by atoms with Crippen LogP contribution in [0, 0.1) is 11.0 Å². The van der Waals surface area contributed by atoms with Crippen LogP contribution >= 0.6 is 0 Å². The van der Waals surface area contributed by atoms with Crippen LogP contribution in [-0.4, -0.2) is 5.91 Å². The van der Waals surface area contributed by atoms with Crippen LogP contribution in [0.4, 0.5) is 10.1 Å². The van der Waals surface area contributed by atoms with Gasteiger partial charge in [-0.3, -0.25) is 4.79 Å². The Labute approximate surface area is 143 Å². The zero-order chi connectivity index (χ0) is 17.6. The van der Waals surface area contributed by atoms with Crippen LogP contribution in [0.5, 0.6) is 5.75 Å². The van der Waals surface area contributed by atoms with Gasteiger partial charge < -0.3 is 15.3 Å². The van der Waals surface area contributed by atoms with Gasteiger partial charge in [-0.1, -0.05) is 18.2 Å². The van der Waals surface area contributed by atoms with Gasteiger partial charge in [0.2, 0.25) is 0 Å². The van der Waals surface area contributed by atoms with E-state index >= 15 is 0 Å². The maximum atomic E-state index is 12.9. The maximum absolute atomic E-state index is 12.9. The van der Waals surface area contributed by atoms with E-state index in [2.05, 4.69) is 5.32 Å². The topological polar surface area (TPSA) is 65.3 Å². The van der Waals surface area contributed by atoms with Crippen molar-refractivity contribution in [2.24, 2.45) is 0 Å². The molecule has 1 amide bonds. The zero-order valence-electron chi connectivity index (χ0n) is 13.2. The minimum atomic E-state index is -0.323. The molecule has 0 aliphatic carbocycles. The molecular formula is C19H15FN2O3. The van der Waals surface area contributed by atoms with Crippen LogP contribution in [-0.2, 0) is 6.61 Å². The summed E-state index contributed by atoms with van der Waals surface area (Å²) in [4.78, 5) is 12.1. The van der Waals surface area contributed by atoms with Gasteiger partial charge in [0.1, 0.15) is 18.2 Å². The number of pyridine rings is 1. The number of nitrogens with zero attached hydrogens (tertiary/aromatic N) is 1. The number of rotatable bonds is 5. The van der Waals surface area contributed by atoms with Crippen LogP contribution in [0.15, 0.2) is 73.1 Å². The van der Waals surface area contributed by atoms with E-state index in [1.165, 1.54) is 36.7 Å². The largest absolute Gasteiger partial charge is 0.619 e. The molecule has 126 valence electrons. The van der Waals surface area contributed by atoms with Gasteiger partial charge in [-0.05, 0) is 29.8 Å². The fourth-order valence-electron chi connectivity index (χ4n) is 2.18.